The minimum atomic E-state index is -0.111. The number of carbonyl (C=O) groups excluding carboxylic acids is 1. The van der Waals surface area contributed by atoms with E-state index in [4.69, 9.17) is 9.72 Å². The van der Waals surface area contributed by atoms with Crippen LogP contribution < -0.4 is 15.0 Å². The highest BCUT2D eigenvalue weighted by atomic mass is 16.5. The minimum absolute atomic E-state index is 0.111. The zero-order chi connectivity index (χ0) is 22.9. The Bertz CT molecular complexity index is 978. The third-order valence-corrected chi connectivity index (χ3v) is 7.48. The molecular formula is C23H33N7O3. The molecule has 10 nitrogen and oxygen atoms in total. The highest BCUT2D eigenvalue weighted by molar-refractivity contribution is 5.80. The first-order valence-electron chi connectivity index (χ1n) is 12.0. The first-order chi connectivity index (χ1) is 16.1. The Labute approximate surface area is 193 Å². The van der Waals surface area contributed by atoms with Gasteiger partial charge in [-0.3, -0.25) is 9.89 Å². The number of nitrogens with one attached hydrogen (secondary N) is 2. The maximum atomic E-state index is 13.1. The largest absolute Gasteiger partial charge is 0.481 e. The molecule has 0 spiro atoms. The van der Waals surface area contributed by atoms with Gasteiger partial charge < -0.3 is 25.0 Å². The number of ether oxygens (including phenoxy) is 1. The van der Waals surface area contributed by atoms with E-state index in [2.05, 4.69) is 30.3 Å². The number of piperidine rings is 2. The monoisotopic (exact) mass is 455 g/mol. The Kier molecular flexibility index (Phi) is 6.09. The number of fused-ring (bicyclic) bond motifs is 2. The molecule has 5 rings (SSSR count). The second kappa shape index (κ2) is 9.17. The molecule has 2 aromatic heterocycles. The van der Waals surface area contributed by atoms with E-state index in [-0.39, 0.29) is 18.6 Å². The van der Waals surface area contributed by atoms with Crippen LogP contribution in [-0.2, 0) is 11.4 Å². The number of rotatable bonds is 7. The summed E-state index contributed by atoms with van der Waals surface area (Å²) in [6.45, 7) is -0.111. The Balaban J connectivity index is 1.33. The Morgan fingerprint density at radius 1 is 1.18 bits per heavy atom. The van der Waals surface area contributed by atoms with Gasteiger partial charge >= 0.3 is 0 Å². The number of methoxy groups -OCH3 is 1. The topological polar surface area (TPSA) is 119 Å². The van der Waals surface area contributed by atoms with E-state index in [1.165, 1.54) is 12.8 Å². The number of hydrogen-bond acceptors (Lipinski definition) is 8. The molecule has 1 amide bonds. The molecule has 4 heterocycles. The van der Waals surface area contributed by atoms with Gasteiger partial charge in [0.25, 0.3) is 0 Å². The average Bonchev–Trinajstić information content (AvgIpc) is 3.23. The van der Waals surface area contributed by atoms with Gasteiger partial charge in [0.15, 0.2) is 5.82 Å². The summed E-state index contributed by atoms with van der Waals surface area (Å²) in [5, 5.41) is 19.3. The van der Waals surface area contributed by atoms with Gasteiger partial charge in [-0.15, -0.1) is 0 Å². The first-order valence-corrected chi connectivity index (χ1v) is 12.0. The lowest BCUT2D eigenvalue weighted by atomic mass is 9.77. The van der Waals surface area contributed by atoms with Crippen molar-refractivity contribution in [3.8, 4) is 5.88 Å². The molecule has 2 bridgehead atoms. The number of aliphatic hydroxyl groups is 1. The number of carbonyl (C=O) groups is 1. The summed E-state index contributed by atoms with van der Waals surface area (Å²) < 4.78 is 5.43. The summed E-state index contributed by atoms with van der Waals surface area (Å²) in [7, 11) is 3.62. The van der Waals surface area contributed by atoms with Crippen molar-refractivity contribution < 1.29 is 14.6 Å². The Morgan fingerprint density at radius 2 is 1.91 bits per heavy atom. The zero-order valence-electron chi connectivity index (χ0n) is 19.3. The van der Waals surface area contributed by atoms with E-state index in [0.717, 1.165) is 38.5 Å². The summed E-state index contributed by atoms with van der Waals surface area (Å²) in [5.74, 6) is 2.82. The van der Waals surface area contributed by atoms with Crippen LogP contribution in [0.3, 0.4) is 0 Å². The number of aromatic nitrogens is 4. The average molecular weight is 456 g/mol. The molecule has 0 radical (unpaired) electrons. The van der Waals surface area contributed by atoms with E-state index >= 15 is 0 Å². The van der Waals surface area contributed by atoms with E-state index in [9.17, 15) is 9.90 Å². The number of aliphatic hydroxyl groups excluding tert-OH is 1. The maximum absolute atomic E-state index is 13.1. The predicted octanol–water partition coefficient (Wildman–Crippen LogP) is 2.59. The van der Waals surface area contributed by atoms with E-state index in [1.807, 2.05) is 7.05 Å². The van der Waals surface area contributed by atoms with Crippen molar-refractivity contribution in [2.24, 2.45) is 5.92 Å². The molecule has 3 fully saturated rings. The number of hydrogen-bond donors (Lipinski definition) is 3. The molecule has 2 aliphatic heterocycles. The van der Waals surface area contributed by atoms with Crippen molar-refractivity contribution in [3.05, 3.63) is 17.8 Å². The van der Waals surface area contributed by atoms with Gasteiger partial charge in [-0.25, -0.2) is 0 Å². The van der Waals surface area contributed by atoms with Crippen LogP contribution in [0.2, 0.25) is 0 Å². The van der Waals surface area contributed by atoms with E-state index in [0.29, 0.717) is 47.1 Å². The highest BCUT2D eigenvalue weighted by Crippen LogP contribution is 2.40. The molecule has 10 heteroatoms. The Morgan fingerprint density at radius 3 is 2.52 bits per heavy atom. The fourth-order valence-electron chi connectivity index (χ4n) is 5.44. The van der Waals surface area contributed by atoms with Crippen LogP contribution in [0.25, 0.3) is 0 Å². The van der Waals surface area contributed by atoms with Crippen LogP contribution in [0.1, 0.15) is 57.1 Å². The number of nitrogens with zero attached hydrogens (tertiary/aromatic N) is 5. The van der Waals surface area contributed by atoms with Gasteiger partial charge in [0.2, 0.25) is 17.7 Å². The lowest BCUT2D eigenvalue weighted by Crippen LogP contribution is -2.60. The third-order valence-electron chi connectivity index (χ3n) is 7.48. The number of H-pyrrole nitrogens is 1. The summed E-state index contributed by atoms with van der Waals surface area (Å²) in [6, 6.07) is 4.33. The quantitative estimate of drug-likeness (QED) is 0.583. The van der Waals surface area contributed by atoms with Crippen molar-refractivity contribution in [1.29, 1.82) is 0 Å². The number of anilines is 3. The first kappa shape index (κ1) is 21.9. The number of aromatic amines is 1. The third kappa shape index (κ3) is 4.36. The maximum Gasteiger partial charge on any atom is 0.230 e. The standard InChI is InChI=1S/C23H33N7O3/c1-29(18-10-16-7-4-8-17(11-18)30(16)22(32)14-5-3-6-14)23-25-19(12-21(26-23)33-2)24-20-9-15(13-31)27-28-20/h9,12,14,16-18,31H,3-8,10-11,13H2,1-2H3,(H2,24,25,26,27,28)/t16-,17+,18+. The summed E-state index contributed by atoms with van der Waals surface area (Å²) in [5.41, 5.74) is 0.616. The molecule has 1 saturated carbocycles. The van der Waals surface area contributed by atoms with Gasteiger partial charge in [0.1, 0.15) is 5.82 Å². The second-order valence-electron chi connectivity index (χ2n) is 9.51. The fourth-order valence-corrected chi connectivity index (χ4v) is 5.44. The van der Waals surface area contributed by atoms with Crippen LogP contribution in [-0.4, -0.2) is 68.4 Å². The van der Waals surface area contributed by atoms with Crippen molar-refractivity contribution in [1.82, 2.24) is 25.1 Å². The summed E-state index contributed by atoms with van der Waals surface area (Å²) in [4.78, 5) is 26.8. The molecule has 0 aromatic carbocycles. The smallest absolute Gasteiger partial charge is 0.230 e. The van der Waals surface area contributed by atoms with Crippen LogP contribution in [0.5, 0.6) is 5.88 Å². The van der Waals surface area contributed by atoms with Gasteiger partial charge in [0, 0.05) is 43.2 Å². The van der Waals surface area contributed by atoms with Crippen molar-refractivity contribution in [2.45, 2.75) is 76.1 Å². The molecule has 0 unspecified atom stereocenters. The molecular weight excluding hydrogens is 422 g/mol. The molecule has 3 N–H and O–H groups in total. The summed E-state index contributed by atoms with van der Waals surface area (Å²) >= 11 is 0. The van der Waals surface area contributed by atoms with Crippen LogP contribution in [0, 0.1) is 5.92 Å². The molecule has 2 saturated heterocycles. The molecule has 2 aromatic rings. The van der Waals surface area contributed by atoms with Crippen LogP contribution >= 0.6 is 0 Å². The SMILES string of the molecule is COc1cc(Nc2cc(CO)[nH]n2)nc(N(C)[C@H]2C[C@H]3CCC[C@@H](C2)N3C(=O)C2CCC2)n1. The molecule has 33 heavy (non-hydrogen) atoms. The lowest BCUT2D eigenvalue weighted by Gasteiger charge is -2.52. The van der Waals surface area contributed by atoms with Gasteiger partial charge in [0.05, 0.1) is 19.4 Å². The van der Waals surface area contributed by atoms with Gasteiger partial charge in [-0.1, -0.05) is 6.42 Å². The zero-order valence-corrected chi connectivity index (χ0v) is 19.3. The van der Waals surface area contributed by atoms with Crippen molar-refractivity contribution in [2.75, 3.05) is 24.4 Å². The molecule has 3 atom stereocenters. The van der Waals surface area contributed by atoms with Crippen molar-refractivity contribution in [3.63, 3.8) is 0 Å². The Hall–Kier alpha value is -2.88. The molecule has 178 valence electrons. The minimum Gasteiger partial charge on any atom is -0.481 e. The summed E-state index contributed by atoms with van der Waals surface area (Å²) in [6.07, 6.45) is 8.54. The molecule has 1 aliphatic carbocycles. The normalized spacial score (nSPS) is 24.8. The lowest BCUT2D eigenvalue weighted by molar-refractivity contribution is -0.148. The second-order valence-corrected chi connectivity index (χ2v) is 9.51. The fraction of sp³-hybridized carbons (Fsp3) is 0.652. The van der Waals surface area contributed by atoms with Crippen molar-refractivity contribution >= 4 is 23.5 Å². The van der Waals surface area contributed by atoms with Crippen LogP contribution in [0.15, 0.2) is 12.1 Å². The van der Waals surface area contributed by atoms with E-state index in [1.54, 1.807) is 19.2 Å². The highest BCUT2D eigenvalue weighted by Gasteiger charge is 2.44. The van der Waals surface area contributed by atoms with Crippen LogP contribution in [0.4, 0.5) is 17.6 Å². The predicted molar refractivity (Wildman–Crippen MR) is 123 cm³/mol. The van der Waals surface area contributed by atoms with Gasteiger partial charge in [-0.05, 0) is 44.9 Å². The number of amides is 1. The van der Waals surface area contributed by atoms with E-state index < -0.39 is 0 Å². The molecule has 3 aliphatic rings. The van der Waals surface area contributed by atoms with Gasteiger partial charge in [-0.2, -0.15) is 15.1 Å².